The van der Waals surface area contributed by atoms with Crippen molar-refractivity contribution in [2.24, 2.45) is 0 Å². The van der Waals surface area contributed by atoms with Gasteiger partial charge in [-0.05, 0) is 31.5 Å². The van der Waals surface area contributed by atoms with E-state index in [1.165, 1.54) is 44.9 Å². The Hall–Kier alpha value is -0.680. The number of aromatic nitrogens is 3. The van der Waals surface area contributed by atoms with Gasteiger partial charge in [-0.2, -0.15) is 5.10 Å². The molecule has 2 heterocycles. The summed E-state index contributed by atoms with van der Waals surface area (Å²) in [5.41, 5.74) is 0. The van der Waals surface area contributed by atoms with Crippen molar-refractivity contribution in [3.8, 4) is 0 Å². The lowest BCUT2D eigenvalue weighted by molar-refractivity contribution is 0.0958. The van der Waals surface area contributed by atoms with Gasteiger partial charge in [-0.1, -0.05) is 39.0 Å². The number of ether oxygens (including phenoxy) is 1. The van der Waals surface area contributed by atoms with Crippen LogP contribution in [0.25, 0.3) is 0 Å². The van der Waals surface area contributed by atoms with Gasteiger partial charge in [-0.25, -0.2) is 0 Å². The Bertz CT molecular complexity index is 435. The molecular weight excluding hydrogens is 270 g/mol. The zero-order valence-corrected chi connectivity index (χ0v) is 13.4. The van der Waals surface area contributed by atoms with Crippen LogP contribution in [0.2, 0.25) is 0 Å². The molecule has 2 rings (SSSR count). The topological polar surface area (TPSA) is 42.8 Å². The molecular formula is C15H27N3OS. The van der Waals surface area contributed by atoms with Gasteiger partial charge in [0.05, 0.1) is 12.6 Å². The molecule has 1 aliphatic rings. The molecule has 1 aromatic rings. The van der Waals surface area contributed by atoms with E-state index >= 15 is 0 Å². The Balaban J connectivity index is 1.77. The Kier molecular flexibility index (Phi) is 6.73. The second-order valence-electron chi connectivity index (χ2n) is 5.71. The third-order valence-electron chi connectivity index (χ3n) is 4.00. The predicted molar refractivity (Wildman–Crippen MR) is 83.5 cm³/mol. The van der Waals surface area contributed by atoms with Crippen LogP contribution in [0.1, 0.15) is 64.1 Å². The van der Waals surface area contributed by atoms with Crippen LogP contribution >= 0.6 is 12.2 Å². The molecule has 20 heavy (non-hydrogen) atoms. The summed E-state index contributed by atoms with van der Waals surface area (Å²) in [5, 5.41) is 7.31. The summed E-state index contributed by atoms with van der Waals surface area (Å²) < 4.78 is 8.57. The maximum absolute atomic E-state index is 5.70. The summed E-state index contributed by atoms with van der Waals surface area (Å²) in [6.45, 7) is 4.01. The number of hydrogen-bond acceptors (Lipinski definition) is 3. The van der Waals surface area contributed by atoms with Crippen LogP contribution in [-0.4, -0.2) is 27.5 Å². The molecule has 5 heteroatoms. The number of H-pyrrole nitrogens is 1. The van der Waals surface area contributed by atoms with Crippen molar-refractivity contribution in [3.05, 3.63) is 10.6 Å². The summed E-state index contributed by atoms with van der Waals surface area (Å²) in [5.74, 6) is 1.10. The third-order valence-corrected chi connectivity index (χ3v) is 4.31. The van der Waals surface area contributed by atoms with E-state index in [4.69, 9.17) is 17.0 Å². The Morgan fingerprint density at radius 2 is 2.10 bits per heavy atom. The van der Waals surface area contributed by atoms with E-state index < -0.39 is 0 Å². The van der Waals surface area contributed by atoms with Crippen molar-refractivity contribution in [3.63, 3.8) is 0 Å². The Morgan fingerprint density at radius 3 is 2.85 bits per heavy atom. The quantitative estimate of drug-likeness (QED) is 0.553. The molecule has 1 aliphatic heterocycles. The largest absolute Gasteiger partial charge is 0.376 e. The molecule has 0 bridgehead atoms. The second-order valence-corrected chi connectivity index (χ2v) is 6.10. The van der Waals surface area contributed by atoms with Crippen LogP contribution in [0.4, 0.5) is 0 Å². The van der Waals surface area contributed by atoms with E-state index in [1.54, 1.807) is 0 Å². The standard InChI is InChI=1S/C15H27N3OS/c1-2-3-4-5-6-7-10-14-16-17-15(20)18(14)12-13-9-8-11-19-13/h13H,2-12H2,1H3,(H,17,20). The first kappa shape index (κ1) is 15.7. The fourth-order valence-electron chi connectivity index (χ4n) is 2.78. The minimum atomic E-state index is 0.322. The SMILES string of the molecule is CCCCCCCCc1n[nH]c(=S)n1CC1CCCO1. The van der Waals surface area contributed by atoms with Gasteiger partial charge >= 0.3 is 0 Å². The molecule has 114 valence electrons. The van der Waals surface area contributed by atoms with Gasteiger partial charge in [0.2, 0.25) is 0 Å². The highest BCUT2D eigenvalue weighted by Crippen LogP contribution is 2.16. The van der Waals surface area contributed by atoms with Gasteiger partial charge in [0.25, 0.3) is 0 Å². The Labute approximate surface area is 126 Å². The van der Waals surface area contributed by atoms with Gasteiger partial charge in [0.1, 0.15) is 5.82 Å². The Morgan fingerprint density at radius 1 is 1.30 bits per heavy atom. The zero-order valence-electron chi connectivity index (χ0n) is 12.6. The molecule has 1 saturated heterocycles. The molecule has 0 amide bonds. The fourth-order valence-corrected chi connectivity index (χ4v) is 3.01. The highest BCUT2D eigenvalue weighted by atomic mass is 32.1. The molecule has 0 saturated carbocycles. The third kappa shape index (κ3) is 4.70. The van der Waals surface area contributed by atoms with Crippen LogP contribution in [0, 0.1) is 4.77 Å². The van der Waals surface area contributed by atoms with Crippen LogP contribution in [-0.2, 0) is 17.7 Å². The van der Waals surface area contributed by atoms with Crippen molar-refractivity contribution in [1.82, 2.24) is 14.8 Å². The molecule has 4 nitrogen and oxygen atoms in total. The van der Waals surface area contributed by atoms with Gasteiger partial charge in [0, 0.05) is 13.0 Å². The van der Waals surface area contributed by atoms with Crippen LogP contribution in [0.3, 0.4) is 0 Å². The highest BCUT2D eigenvalue weighted by molar-refractivity contribution is 7.71. The maximum Gasteiger partial charge on any atom is 0.195 e. The minimum absolute atomic E-state index is 0.322. The summed E-state index contributed by atoms with van der Waals surface area (Å²) in [4.78, 5) is 0. The maximum atomic E-state index is 5.70. The summed E-state index contributed by atoms with van der Waals surface area (Å²) in [6, 6.07) is 0. The molecule has 1 fully saturated rings. The minimum Gasteiger partial charge on any atom is -0.376 e. The lowest BCUT2D eigenvalue weighted by Crippen LogP contribution is -2.17. The van der Waals surface area contributed by atoms with E-state index in [1.807, 2.05) is 0 Å². The first-order valence-corrected chi connectivity index (χ1v) is 8.47. The normalized spacial score (nSPS) is 18.8. The first-order valence-electron chi connectivity index (χ1n) is 8.07. The highest BCUT2D eigenvalue weighted by Gasteiger charge is 2.18. The van der Waals surface area contributed by atoms with E-state index in [9.17, 15) is 0 Å². The smallest absolute Gasteiger partial charge is 0.195 e. The fraction of sp³-hybridized carbons (Fsp3) is 0.867. The summed E-state index contributed by atoms with van der Waals surface area (Å²) in [7, 11) is 0. The lowest BCUT2D eigenvalue weighted by atomic mass is 10.1. The molecule has 0 aromatic carbocycles. The number of aromatic amines is 1. The van der Waals surface area contributed by atoms with Gasteiger partial charge in [0.15, 0.2) is 4.77 Å². The average molecular weight is 297 g/mol. The van der Waals surface area contributed by atoms with E-state index in [-0.39, 0.29) is 0 Å². The van der Waals surface area contributed by atoms with Gasteiger partial charge in [-0.15, -0.1) is 0 Å². The van der Waals surface area contributed by atoms with E-state index in [2.05, 4.69) is 21.7 Å². The molecule has 1 aromatic heterocycles. The molecule has 0 radical (unpaired) electrons. The summed E-state index contributed by atoms with van der Waals surface area (Å²) in [6.07, 6.45) is 11.5. The van der Waals surface area contributed by atoms with Crippen LogP contribution in [0.5, 0.6) is 0 Å². The van der Waals surface area contributed by atoms with Crippen molar-refractivity contribution < 1.29 is 4.74 Å². The monoisotopic (exact) mass is 297 g/mol. The molecule has 0 spiro atoms. The number of nitrogens with one attached hydrogen (secondary N) is 1. The first-order chi connectivity index (χ1) is 9.81. The van der Waals surface area contributed by atoms with Crippen LogP contribution in [0.15, 0.2) is 0 Å². The van der Waals surface area contributed by atoms with Crippen LogP contribution < -0.4 is 0 Å². The van der Waals surface area contributed by atoms with Crippen molar-refractivity contribution in [2.75, 3.05) is 6.61 Å². The zero-order chi connectivity index (χ0) is 14.2. The predicted octanol–water partition coefficient (Wildman–Crippen LogP) is 4.02. The number of hydrogen-bond donors (Lipinski definition) is 1. The van der Waals surface area contributed by atoms with Gasteiger partial charge in [-0.3, -0.25) is 5.10 Å². The van der Waals surface area contributed by atoms with Gasteiger partial charge < -0.3 is 9.30 Å². The van der Waals surface area contributed by atoms with E-state index in [0.29, 0.717) is 6.10 Å². The van der Waals surface area contributed by atoms with Crippen molar-refractivity contribution in [1.29, 1.82) is 0 Å². The number of nitrogens with zero attached hydrogens (tertiary/aromatic N) is 2. The number of rotatable bonds is 9. The molecule has 0 aliphatic carbocycles. The second kappa shape index (κ2) is 8.57. The average Bonchev–Trinajstić information content (AvgIpc) is 3.07. The summed E-state index contributed by atoms with van der Waals surface area (Å²) >= 11 is 5.33. The van der Waals surface area contributed by atoms with E-state index in [0.717, 1.165) is 36.6 Å². The lowest BCUT2D eigenvalue weighted by Gasteiger charge is -2.12. The molecule has 1 N–H and O–H groups in total. The molecule has 1 atom stereocenters. The number of unbranched alkanes of at least 4 members (excludes halogenated alkanes) is 5. The number of aryl methyl sites for hydroxylation is 1. The molecule has 1 unspecified atom stereocenters. The van der Waals surface area contributed by atoms with Crippen molar-refractivity contribution >= 4 is 12.2 Å². The van der Waals surface area contributed by atoms with Crippen molar-refractivity contribution in [2.45, 2.75) is 77.4 Å².